The van der Waals surface area contributed by atoms with E-state index in [1.54, 1.807) is 7.11 Å². The number of carbonyl (C=O) groups is 1. The highest BCUT2D eigenvalue weighted by Crippen LogP contribution is 2.26. The molecule has 2 aromatic rings. The van der Waals surface area contributed by atoms with Crippen LogP contribution in [0.5, 0.6) is 5.75 Å². The molecular weight excluding hydrogens is 306 g/mol. The Hall–Kier alpha value is -2.12. The van der Waals surface area contributed by atoms with Gasteiger partial charge >= 0.3 is 0 Å². The van der Waals surface area contributed by atoms with Gasteiger partial charge < -0.3 is 10.5 Å². The summed E-state index contributed by atoms with van der Waals surface area (Å²) in [6.45, 7) is 1.97. The fourth-order valence-corrected chi connectivity index (χ4v) is 1.92. The first-order valence-electron chi connectivity index (χ1n) is 6.78. The van der Waals surface area contributed by atoms with E-state index >= 15 is 0 Å². The van der Waals surface area contributed by atoms with E-state index in [1.165, 1.54) is 0 Å². The highest BCUT2D eigenvalue weighted by atomic mass is 35.5. The molecule has 4 N–H and O–H groups in total. The summed E-state index contributed by atoms with van der Waals surface area (Å²) in [6.07, 6.45) is 1.46. The van der Waals surface area contributed by atoms with Gasteiger partial charge in [0.15, 0.2) is 5.82 Å². The van der Waals surface area contributed by atoms with E-state index < -0.39 is 6.04 Å². The summed E-state index contributed by atoms with van der Waals surface area (Å²) < 4.78 is 5.27. The van der Waals surface area contributed by atoms with Gasteiger partial charge in [-0.05, 0) is 18.6 Å². The average Bonchev–Trinajstić information content (AvgIpc) is 2.95. The normalized spacial score (nSPS) is 11.4. The zero-order chi connectivity index (χ0) is 15.2. The molecule has 1 unspecified atom stereocenters. The smallest absolute Gasteiger partial charge is 0.249 e. The Kier molecular flexibility index (Phi) is 6.81. The molecule has 8 heteroatoms. The van der Waals surface area contributed by atoms with Crippen LogP contribution in [0.1, 0.15) is 19.8 Å². The molecule has 1 aromatic carbocycles. The van der Waals surface area contributed by atoms with E-state index in [0.29, 0.717) is 18.0 Å². The van der Waals surface area contributed by atoms with Crippen LogP contribution in [0.25, 0.3) is 11.4 Å². The average molecular weight is 326 g/mol. The van der Waals surface area contributed by atoms with Gasteiger partial charge in [-0.25, -0.2) is 0 Å². The number of halogens is 1. The van der Waals surface area contributed by atoms with Gasteiger partial charge in [0.2, 0.25) is 11.9 Å². The Balaban J connectivity index is 0.00000242. The number of methoxy groups -OCH3 is 1. The molecule has 0 radical (unpaired) electrons. The second-order valence-corrected chi connectivity index (χ2v) is 4.59. The van der Waals surface area contributed by atoms with Crippen LogP contribution >= 0.6 is 12.4 Å². The maximum absolute atomic E-state index is 11.8. The molecule has 0 saturated heterocycles. The zero-order valence-corrected chi connectivity index (χ0v) is 13.3. The van der Waals surface area contributed by atoms with Crippen LogP contribution in [0.2, 0.25) is 0 Å². The monoisotopic (exact) mass is 325 g/mol. The van der Waals surface area contributed by atoms with Crippen molar-refractivity contribution in [1.29, 1.82) is 0 Å². The number of carbonyl (C=O) groups excluding carboxylic acids is 1. The van der Waals surface area contributed by atoms with Crippen molar-refractivity contribution in [1.82, 2.24) is 15.2 Å². The fourth-order valence-electron chi connectivity index (χ4n) is 1.92. The number of hydrogen-bond donors (Lipinski definition) is 3. The summed E-state index contributed by atoms with van der Waals surface area (Å²) >= 11 is 0. The number of nitrogens with one attached hydrogen (secondary N) is 2. The van der Waals surface area contributed by atoms with Crippen molar-refractivity contribution in [3.63, 3.8) is 0 Å². The van der Waals surface area contributed by atoms with E-state index in [-0.39, 0.29) is 24.3 Å². The lowest BCUT2D eigenvalue weighted by atomic mass is 10.2. The van der Waals surface area contributed by atoms with Crippen LogP contribution in [0.3, 0.4) is 0 Å². The number of ether oxygens (including phenoxy) is 1. The number of nitrogens with two attached hydrogens (primary N) is 1. The Morgan fingerprint density at radius 1 is 1.45 bits per heavy atom. The third-order valence-electron chi connectivity index (χ3n) is 3.02. The van der Waals surface area contributed by atoms with Crippen LogP contribution < -0.4 is 15.8 Å². The molecule has 0 bridgehead atoms. The third kappa shape index (κ3) is 4.19. The quantitative estimate of drug-likeness (QED) is 0.753. The Morgan fingerprint density at radius 3 is 2.86 bits per heavy atom. The number of aromatic amines is 1. The van der Waals surface area contributed by atoms with E-state index in [0.717, 1.165) is 12.0 Å². The summed E-state index contributed by atoms with van der Waals surface area (Å²) in [7, 11) is 1.58. The van der Waals surface area contributed by atoms with Crippen LogP contribution in [-0.4, -0.2) is 34.2 Å². The second kappa shape index (κ2) is 8.35. The van der Waals surface area contributed by atoms with Crippen molar-refractivity contribution in [2.45, 2.75) is 25.8 Å². The largest absolute Gasteiger partial charge is 0.496 e. The lowest BCUT2D eigenvalue weighted by Crippen LogP contribution is -2.35. The summed E-state index contributed by atoms with van der Waals surface area (Å²) in [6, 6.07) is 6.87. The van der Waals surface area contributed by atoms with Gasteiger partial charge in [0.05, 0.1) is 18.7 Å². The first-order valence-corrected chi connectivity index (χ1v) is 6.78. The number of para-hydroxylation sites is 1. The predicted octanol–water partition coefficient (Wildman–Crippen LogP) is 1.97. The first kappa shape index (κ1) is 17.9. The number of benzene rings is 1. The maximum Gasteiger partial charge on any atom is 0.249 e. The van der Waals surface area contributed by atoms with Crippen molar-refractivity contribution >= 4 is 24.3 Å². The summed E-state index contributed by atoms with van der Waals surface area (Å²) in [4.78, 5) is 16.1. The molecule has 22 heavy (non-hydrogen) atoms. The number of nitrogens with zero attached hydrogens (tertiary/aromatic N) is 2. The van der Waals surface area contributed by atoms with Gasteiger partial charge in [-0.3, -0.25) is 15.2 Å². The molecule has 0 saturated carbocycles. The summed E-state index contributed by atoms with van der Waals surface area (Å²) in [5.74, 6) is 1.11. The molecule has 1 amide bonds. The molecule has 1 atom stereocenters. The third-order valence-corrected chi connectivity index (χ3v) is 3.02. The number of hydrogen-bond acceptors (Lipinski definition) is 5. The van der Waals surface area contributed by atoms with E-state index in [1.807, 2.05) is 31.2 Å². The fraction of sp³-hybridized carbons (Fsp3) is 0.357. The number of rotatable bonds is 6. The van der Waals surface area contributed by atoms with Crippen molar-refractivity contribution in [3.05, 3.63) is 24.3 Å². The minimum absolute atomic E-state index is 0. The highest BCUT2D eigenvalue weighted by Gasteiger charge is 2.16. The molecular formula is C14H20ClN5O2. The Morgan fingerprint density at radius 2 is 2.18 bits per heavy atom. The molecule has 120 valence electrons. The topological polar surface area (TPSA) is 106 Å². The van der Waals surface area contributed by atoms with Crippen molar-refractivity contribution in [2.75, 3.05) is 12.4 Å². The molecule has 1 heterocycles. The van der Waals surface area contributed by atoms with Gasteiger partial charge in [-0.1, -0.05) is 25.5 Å². The van der Waals surface area contributed by atoms with Crippen LogP contribution in [0, 0.1) is 0 Å². The molecule has 0 aliphatic heterocycles. The summed E-state index contributed by atoms with van der Waals surface area (Å²) in [5.41, 5.74) is 6.51. The SMILES string of the molecule is CCCC(N)C(=O)Nc1n[nH]c(-c2ccccc2OC)n1.Cl. The summed E-state index contributed by atoms with van der Waals surface area (Å²) in [5, 5.41) is 9.34. The van der Waals surface area contributed by atoms with Gasteiger partial charge in [0, 0.05) is 0 Å². The number of aromatic nitrogens is 3. The van der Waals surface area contributed by atoms with Crippen LogP contribution in [0.15, 0.2) is 24.3 Å². The van der Waals surface area contributed by atoms with Crippen molar-refractivity contribution in [2.24, 2.45) is 5.73 Å². The van der Waals surface area contributed by atoms with E-state index in [9.17, 15) is 4.79 Å². The molecule has 0 fully saturated rings. The van der Waals surface area contributed by atoms with Crippen LogP contribution in [0.4, 0.5) is 5.95 Å². The van der Waals surface area contributed by atoms with Gasteiger partial charge in [0.1, 0.15) is 5.75 Å². The predicted molar refractivity (Wildman–Crippen MR) is 87.1 cm³/mol. The Bertz CT molecular complexity index is 617. The molecule has 0 aliphatic carbocycles. The molecule has 1 aromatic heterocycles. The molecule has 0 aliphatic rings. The highest BCUT2D eigenvalue weighted by molar-refractivity contribution is 5.93. The van der Waals surface area contributed by atoms with E-state index in [2.05, 4.69) is 20.5 Å². The van der Waals surface area contributed by atoms with Crippen molar-refractivity contribution < 1.29 is 9.53 Å². The van der Waals surface area contributed by atoms with Gasteiger partial charge in [-0.2, -0.15) is 4.98 Å². The lowest BCUT2D eigenvalue weighted by molar-refractivity contribution is -0.117. The minimum atomic E-state index is -0.553. The number of amides is 1. The van der Waals surface area contributed by atoms with Gasteiger partial charge in [-0.15, -0.1) is 17.5 Å². The molecule has 2 rings (SSSR count). The Labute approximate surface area is 135 Å². The standard InChI is InChI=1S/C14H19N5O2.ClH/c1-3-6-10(15)13(20)17-14-16-12(18-19-14)9-7-4-5-8-11(9)21-2;/h4-5,7-8,10H,3,6,15H2,1-2H3,(H2,16,17,18,19,20);1H. The van der Waals surface area contributed by atoms with Crippen LogP contribution in [-0.2, 0) is 4.79 Å². The maximum atomic E-state index is 11.8. The number of anilines is 1. The zero-order valence-electron chi connectivity index (χ0n) is 12.5. The molecule has 0 spiro atoms. The minimum Gasteiger partial charge on any atom is -0.496 e. The number of H-pyrrole nitrogens is 1. The lowest BCUT2D eigenvalue weighted by Gasteiger charge is -2.08. The first-order chi connectivity index (χ1) is 10.2. The van der Waals surface area contributed by atoms with E-state index in [4.69, 9.17) is 10.5 Å². The molecule has 7 nitrogen and oxygen atoms in total. The van der Waals surface area contributed by atoms with Gasteiger partial charge in [0.25, 0.3) is 0 Å². The van der Waals surface area contributed by atoms with Crippen molar-refractivity contribution in [3.8, 4) is 17.1 Å². The second-order valence-electron chi connectivity index (χ2n) is 4.59.